The zero-order valence-electron chi connectivity index (χ0n) is 10.7. The third kappa shape index (κ3) is 2.27. The highest BCUT2D eigenvalue weighted by molar-refractivity contribution is 5.46. The van der Waals surface area contributed by atoms with Crippen LogP contribution in [0.4, 0.5) is 0 Å². The van der Waals surface area contributed by atoms with Crippen molar-refractivity contribution in [3.05, 3.63) is 53.3 Å². The summed E-state index contributed by atoms with van der Waals surface area (Å²) in [5.74, 6) is 1.42. The lowest BCUT2D eigenvalue weighted by molar-refractivity contribution is 0.169. The van der Waals surface area contributed by atoms with E-state index in [1.165, 1.54) is 0 Å². The van der Waals surface area contributed by atoms with Crippen molar-refractivity contribution < 1.29 is 14.6 Å². The highest BCUT2D eigenvalue weighted by Crippen LogP contribution is 2.34. The zero-order valence-corrected chi connectivity index (χ0v) is 10.7. The highest BCUT2D eigenvalue weighted by Gasteiger charge is 2.17. The van der Waals surface area contributed by atoms with Gasteiger partial charge in [0.25, 0.3) is 0 Å². The summed E-state index contributed by atoms with van der Waals surface area (Å²) in [7, 11) is 0. The van der Waals surface area contributed by atoms with Crippen molar-refractivity contribution in [2.45, 2.75) is 13.0 Å². The molecule has 0 aliphatic carbocycles. The van der Waals surface area contributed by atoms with Crippen molar-refractivity contribution in [1.29, 1.82) is 0 Å². The van der Waals surface area contributed by atoms with Gasteiger partial charge in [-0.2, -0.15) is 0 Å². The van der Waals surface area contributed by atoms with Gasteiger partial charge in [0.2, 0.25) is 0 Å². The Hall–Kier alpha value is -2.07. The molecule has 0 radical (unpaired) electrons. The molecule has 1 aromatic carbocycles. The van der Waals surface area contributed by atoms with E-state index >= 15 is 0 Å². The van der Waals surface area contributed by atoms with Crippen LogP contribution in [0.2, 0.25) is 0 Å². The summed E-state index contributed by atoms with van der Waals surface area (Å²) >= 11 is 0. The number of nitrogens with zero attached hydrogens (tertiary/aromatic N) is 1. The van der Waals surface area contributed by atoms with Gasteiger partial charge < -0.3 is 14.6 Å². The van der Waals surface area contributed by atoms with Gasteiger partial charge in [0.1, 0.15) is 19.3 Å². The van der Waals surface area contributed by atoms with Crippen LogP contribution in [0.5, 0.6) is 11.5 Å². The average molecular weight is 257 g/mol. The molecule has 98 valence electrons. The fourth-order valence-electron chi connectivity index (χ4n) is 2.20. The van der Waals surface area contributed by atoms with E-state index in [-0.39, 0.29) is 0 Å². The summed E-state index contributed by atoms with van der Waals surface area (Å²) in [6.45, 7) is 3.04. The Morgan fingerprint density at radius 1 is 1.16 bits per heavy atom. The monoisotopic (exact) mass is 257 g/mol. The van der Waals surface area contributed by atoms with Crippen molar-refractivity contribution in [3.63, 3.8) is 0 Å². The fraction of sp³-hybridized carbons (Fsp3) is 0.267. The SMILES string of the molecule is Cc1cnccc1C(O)c1ccc2c(c1)OCCO2. The van der Waals surface area contributed by atoms with Crippen molar-refractivity contribution in [2.24, 2.45) is 0 Å². The van der Waals surface area contributed by atoms with Crippen LogP contribution >= 0.6 is 0 Å². The number of aliphatic hydroxyl groups is 1. The molecule has 4 heteroatoms. The van der Waals surface area contributed by atoms with Crippen molar-refractivity contribution >= 4 is 0 Å². The number of fused-ring (bicyclic) bond motifs is 1. The minimum atomic E-state index is -0.682. The molecule has 1 aromatic heterocycles. The molecule has 2 heterocycles. The number of aromatic nitrogens is 1. The first-order chi connectivity index (χ1) is 9.25. The molecule has 1 aliphatic rings. The third-order valence-corrected chi connectivity index (χ3v) is 3.24. The summed E-state index contributed by atoms with van der Waals surface area (Å²) in [5.41, 5.74) is 2.61. The van der Waals surface area contributed by atoms with E-state index in [0.717, 1.165) is 22.4 Å². The molecule has 0 bridgehead atoms. The molecule has 0 saturated heterocycles. The molecular formula is C15H15NO3. The van der Waals surface area contributed by atoms with E-state index in [9.17, 15) is 5.11 Å². The standard InChI is InChI=1S/C15H15NO3/c1-10-9-16-5-4-12(10)15(17)11-2-3-13-14(8-11)19-7-6-18-13/h2-5,8-9,15,17H,6-7H2,1H3. The van der Waals surface area contributed by atoms with Gasteiger partial charge in [-0.3, -0.25) is 4.98 Å². The first-order valence-electron chi connectivity index (χ1n) is 6.24. The van der Waals surface area contributed by atoms with Crippen LogP contribution < -0.4 is 9.47 Å². The molecule has 3 rings (SSSR count). The molecule has 2 aromatic rings. The molecule has 0 spiro atoms. The summed E-state index contributed by atoms with van der Waals surface area (Å²) in [6.07, 6.45) is 2.75. The van der Waals surface area contributed by atoms with Gasteiger partial charge in [0.05, 0.1) is 0 Å². The Bertz CT molecular complexity index is 598. The summed E-state index contributed by atoms with van der Waals surface area (Å²) in [5, 5.41) is 10.5. The molecule has 0 saturated carbocycles. The molecule has 0 fully saturated rings. The number of rotatable bonds is 2. The summed E-state index contributed by atoms with van der Waals surface area (Å²) in [4.78, 5) is 4.04. The maximum Gasteiger partial charge on any atom is 0.161 e. The van der Waals surface area contributed by atoms with Gasteiger partial charge in [-0.15, -0.1) is 0 Å². The maximum atomic E-state index is 10.5. The average Bonchev–Trinajstić information content (AvgIpc) is 2.46. The Morgan fingerprint density at radius 3 is 2.74 bits per heavy atom. The molecule has 1 atom stereocenters. The molecule has 19 heavy (non-hydrogen) atoms. The number of benzene rings is 1. The Kier molecular flexibility index (Phi) is 3.09. The number of ether oxygens (including phenoxy) is 2. The summed E-state index contributed by atoms with van der Waals surface area (Å²) in [6, 6.07) is 7.36. The second-order valence-corrected chi connectivity index (χ2v) is 4.54. The van der Waals surface area contributed by atoms with Crippen molar-refractivity contribution in [2.75, 3.05) is 13.2 Å². The van der Waals surface area contributed by atoms with Crippen LogP contribution in [-0.2, 0) is 0 Å². The Labute approximate surface area is 111 Å². The normalized spacial score (nSPS) is 15.1. The molecule has 1 N–H and O–H groups in total. The maximum absolute atomic E-state index is 10.5. The van der Waals surface area contributed by atoms with E-state index in [4.69, 9.17) is 9.47 Å². The minimum Gasteiger partial charge on any atom is -0.486 e. The first-order valence-corrected chi connectivity index (χ1v) is 6.24. The van der Waals surface area contributed by atoms with Crippen LogP contribution in [0.1, 0.15) is 22.8 Å². The highest BCUT2D eigenvalue weighted by atomic mass is 16.6. The first kappa shape index (κ1) is 12.0. The fourth-order valence-corrected chi connectivity index (χ4v) is 2.20. The predicted octanol–water partition coefficient (Wildman–Crippen LogP) is 2.24. The van der Waals surface area contributed by atoms with Crippen molar-refractivity contribution in [1.82, 2.24) is 4.98 Å². The molecule has 1 aliphatic heterocycles. The van der Waals surface area contributed by atoms with Crippen LogP contribution in [-0.4, -0.2) is 23.3 Å². The predicted molar refractivity (Wildman–Crippen MR) is 70.5 cm³/mol. The zero-order chi connectivity index (χ0) is 13.2. The number of hydrogen-bond acceptors (Lipinski definition) is 4. The third-order valence-electron chi connectivity index (χ3n) is 3.24. The molecular weight excluding hydrogens is 242 g/mol. The van der Waals surface area contributed by atoms with E-state index in [1.54, 1.807) is 12.4 Å². The van der Waals surface area contributed by atoms with Gasteiger partial charge in [-0.05, 0) is 41.8 Å². The quantitative estimate of drug-likeness (QED) is 0.896. The number of pyridine rings is 1. The Balaban J connectivity index is 1.96. The lowest BCUT2D eigenvalue weighted by Gasteiger charge is -2.20. The Morgan fingerprint density at radius 2 is 1.95 bits per heavy atom. The number of aryl methyl sites for hydroxylation is 1. The largest absolute Gasteiger partial charge is 0.486 e. The summed E-state index contributed by atoms with van der Waals surface area (Å²) < 4.78 is 11.0. The second kappa shape index (κ2) is 4.90. The van der Waals surface area contributed by atoms with Gasteiger partial charge in [0, 0.05) is 12.4 Å². The van der Waals surface area contributed by atoms with E-state index in [0.29, 0.717) is 19.0 Å². The van der Waals surface area contributed by atoms with E-state index in [2.05, 4.69) is 4.98 Å². The van der Waals surface area contributed by atoms with Gasteiger partial charge in [-0.1, -0.05) is 6.07 Å². The van der Waals surface area contributed by atoms with Gasteiger partial charge >= 0.3 is 0 Å². The van der Waals surface area contributed by atoms with Crippen LogP contribution in [0.3, 0.4) is 0 Å². The topological polar surface area (TPSA) is 51.6 Å². The molecule has 1 unspecified atom stereocenters. The minimum absolute atomic E-state index is 0.542. The lowest BCUT2D eigenvalue weighted by Crippen LogP contribution is -2.15. The molecule has 4 nitrogen and oxygen atoms in total. The van der Waals surface area contributed by atoms with E-state index < -0.39 is 6.10 Å². The van der Waals surface area contributed by atoms with Crippen LogP contribution in [0, 0.1) is 6.92 Å². The number of hydrogen-bond donors (Lipinski definition) is 1. The lowest BCUT2D eigenvalue weighted by atomic mass is 9.99. The number of aliphatic hydroxyl groups excluding tert-OH is 1. The second-order valence-electron chi connectivity index (χ2n) is 4.54. The van der Waals surface area contributed by atoms with E-state index in [1.807, 2.05) is 31.2 Å². The van der Waals surface area contributed by atoms with Gasteiger partial charge in [-0.25, -0.2) is 0 Å². The smallest absolute Gasteiger partial charge is 0.161 e. The molecule has 0 amide bonds. The van der Waals surface area contributed by atoms with Crippen molar-refractivity contribution in [3.8, 4) is 11.5 Å². The van der Waals surface area contributed by atoms with Gasteiger partial charge in [0.15, 0.2) is 11.5 Å². The van der Waals surface area contributed by atoms with Crippen LogP contribution in [0.15, 0.2) is 36.7 Å². The van der Waals surface area contributed by atoms with Crippen LogP contribution in [0.25, 0.3) is 0 Å².